The van der Waals surface area contributed by atoms with E-state index in [1.54, 1.807) is 19.1 Å². The fourth-order valence-corrected chi connectivity index (χ4v) is 3.98. The third-order valence-electron chi connectivity index (χ3n) is 5.92. The largest absolute Gasteiger partial charge is 0.503 e. The van der Waals surface area contributed by atoms with Crippen LogP contribution >= 0.6 is 0 Å². The number of nitrogens with one attached hydrogen (secondary N) is 1. The first-order valence-corrected chi connectivity index (χ1v) is 12.2. The summed E-state index contributed by atoms with van der Waals surface area (Å²) in [4.78, 5) is 30.0. The van der Waals surface area contributed by atoms with Crippen LogP contribution in [0.3, 0.4) is 0 Å². The van der Waals surface area contributed by atoms with Crippen LogP contribution in [0.5, 0.6) is 23.0 Å². The van der Waals surface area contributed by atoms with Gasteiger partial charge >= 0.3 is 5.97 Å². The lowest BCUT2D eigenvalue weighted by Gasteiger charge is -2.34. The van der Waals surface area contributed by atoms with Gasteiger partial charge in [0.15, 0.2) is 29.4 Å². The highest BCUT2D eigenvalue weighted by atomic mass is 16.6. The highest BCUT2D eigenvalue weighted by Crippen LogP contribution is 2.28. The molecule has 1 aromatic heterocycles. The van der Waals surface area contributed by atoms with E-state index in [0.29, 0.717) is 11.5 Å². The van der Waals surface area contributed by atoms with Crippen LogP contribution in [0.1, 0.15) is 23.8 Å². The van der Waals surface area contributed by atoms with Gasteiger partial charge in [-0.3, -0.25) is 4.79 Å². The van der Waals surface area contributed by atoms with Gasteiger partial charge in [-0.2, -0.15) is 0 Å². The van der Waals surface area contributed by atoms with Crippen LogP contribution in [0.2, 0.25) is 0 Å². The number of para-hydroxylation sites is 2. The predicted molar refractivity (Wildman–Crippen MR) is 136 cm³/mol. The van der Waals surface area contributed by atoms with Crippen molar-refractivity contribution in [2.24, 2.45) is 0 Å². The molecule has 1 amide bonds. The van der Waals surface area contributed by atoms with Crippen LogP contribution in [-0.4, -0.2) is 66.6 Å². The van der Waals surface area contributed by atoms with Crippen molar-refractivity contribution in [1.29, 1.82) is 0 Å². The van der Waals surface area contributed by atoms with Crippen molar-refractivity contribution < 1.29 is 38.4 Å². The van der Waals surface area contributed by atoms with Gasteiger partial charge in [0.05, 0.1) is 13.7 Å². The van der Waals surface area contributed by atoms with Crippen molar-refractivity contribution >= 4 is 11.9 Å². The summed E-state index contributed by atoms with van der Waals surface area (Å²) in [5, 5.41) is 12.9. The molecule has 2 heterocycles. The van der Waals surface area contributed by atoms with Gasteiger partial charge in [-0.05, 0) is 31.2 Å². The molecule has 0 saturated carbocycles. The molecule has 4 rings (SSSR count). The quantitative estimate of drug-likeness (QED) is 0.450. The number of pyridine rings is 1. The number of carbonyl (C=O) groups excluding carboxylic acids is 2. The molecule has 3 aromatic rings. The fraction of sp³-hybridized carbons (Fsp3) is 0.321. The van der Waals surface area contributed by atoms with E-state index in [-0.39, 0.29) is 31.1 Å². The Hall–Kier alpha value is -4.31. The first-order valence-electron chi connectivity index (χ1n) is 12.2. The van der Waals surface area contributed by atoms with E-state index < -0.39 is 42.0 Å². The molecule has 1 aliphatic rings. The van der Waals surface area contributed by atoms with Crippen molar-refractivity contribution in [2.75, 3.05) is 20.3 Å². The van der Waals surface area contributed by atoms with Gasteiger partial charge in [-0.25, -0.2) is 9.78 Å². The molecule has 0 spiro atoms. The topological polar surface area (TPSA) is 125 Å². The molecular formula is C28H30N2O8. The monoisotopic (exact) mass is 522 g/mol. The number of aromatic nitrogens is 1. The maximum absolute atomic E-state index is 13.2. The van der Waals surface area contributed by atoms with E-state index in [4.69, 9.17) is 23.7 Å². The molecule has 1 fully saturated rings. The Morgan fingerprint density at radius 1 is 1.03 bits per heavy atom. The van der Waals surface area contributed by atoms with Crippen molar-refractivity contribution in [3.8, 4) is 23.0 Å². The van der Waals surface area contributed by atoms with Crippen molar-refractivity contribution in [1.82, 2.24) is 10.3 Å². The third-order valence-corrected chi connectivity index (χ3v) is 5.92. The lowest BCUT2D eigenvalue weighted by Crippen LogP contribution is -2.52. The minimum absolute atomic E-state index is 0.0843. The van der Waals surface area contributed by atoms with Gasteiger partial charge in [-0.15, -0.1) is 0 Å². The van der Waals surface area contributed by atoms with Crippen molar-refractivity contribution in [2.45, 2.75) is 37.7 Å². The average molecular weight is 523 g/mol. The Morgan fingerprint density at radius 3 is 2.34 bits per heavy atom. The van der Waals surface area contributed by atoms with Gasteiger partial charge < -0.3 is 34.1 Å². The number of ether oxygens (including phenoxy) is 5. The van der Waals surface area contributed by atoms with Gasteiger partial charge in [0.25, 0.3) is 5.91 Å². The van der Waals surface area contributed by atoms with E-state index in [1.807, 2.05) is 48.5 Å². The normalized spacial score (nSPS) is 22.0. The first-order chi connectivity index (χ1) is 18.5. The summed E-state index contributed by atoms with van der Waals surface area (Å²) in [5.41, 5.74) is -0.273. The second-order valence-corrected chi connectivity index (χ2v) is 8.61. The smallest absolute Gasteiger partial charge is 0.329 e. The molecule has 2 aromatic carbocycles. The number of esters is 1. The van der Waals surface area contributed by atoms with Crippen LogP contribution < -0.4 is 19.5 Å². The van der Waals surface area contributed by atoms with E-state index in [2.05, 4.69) is 10.3 Å². The lowest BCUT2D eigenvalue weighted by molar-refractivity contribution is -0.162. The second-order valence-electron chi connectivity index (χ2n) is 8.61. The van der Waals surface area contributed by atoms with Crippen LogP contribution in [-0.2, 0) is 14.3 Å². The third kappa shape index (κ3) is 6.71. The summed E-state index contributed by atoms with van der Waals surface area (Å²) in [5.74, 6) is -0.587. The Kier molecular flexibility index (Phi) is 8.99. The van der Waals surface area contributed by atoms with Crippen LogP contribution in [0.4, 0.5) is 0 Å². The number of rotatable bonds is 7. The Balaban J connectivity index is 1.53. The van der Waals surface area contributed by atoms with Crippen LogP contribution in [0.15, 0.2) is 72.9 Å². The molecule has 0 bridgehead atoms. The number of benzene rings is 2. The molecule has 10 nitrogen and oxygen atoms in total. The highest BCUT2D eigenvalue weighted by Gasteiger charge is 2.37. The summed E-state index contributed by atoms with van der Waals surface area (Å²) < 4.78 is 29.1. The van der Waals surface area contributed by atoms with Gasteiger partial charge in [-0.1, -0.05) is 36.4 Å². The molecule has 0 aliphatic carbocycles. The van der Waals surface area contributed by atoms with E-state index in [1.165, 1.54) is 19.4 Å². The predicted octanol–water partition coefficient (Wildman–Crippen LogP) is 3.14. The van der Waals surface area contributed by atoms with Gasteiger partial charge in [0.2, 0.25) is 0 Å². The number of aromatic hydroxyl groups is 1. The first kappa shape index (κ1) is 26.7. The zero-order valence-corrected chi connectivity index (χ0v) is 21.1. The Bertz CT molecular complexity index is 1210. The number of hydrogen-bond acceptors (Lipinski definition) is 9. The summed E-state index contributed by atoms with van der Waals surface area (Å²) in [6.45, 7) is 1.97. The molecule has 1 aliphatic heterocycles. The van der Waals surface area contributed by atoms with Gasteiger partial charge in [0.1, 0.15) is 23.6 Å². The number of carbonyl (C=O) groups is 2. The fourth-order valence-electron chi connectivity index (χ4n) is 3.98. The molecule has 1 saturated heterocycles. The minimum atomic E-state index is -1.05. The molecule has 38 heavy (non-hydrogen) atoms. The number of amides is 1. The van der Waals surface area contributed by atoms with E-state index in [9.17, 15) is 14.7 Å². The maximum atomic E-state index is 13.2. The Morgan fingerprint density at radius 2 is 1.68 bits per heavy atom. The summed E-state index contributed by atoms with van der Waals surface area (Å²) in [6.07, 6.45) is -0.669. The number of cyclic esters (lactones) is 1. The molecule has 0 radical (unpaired) electrons. The summed E-state index contributed by atoms with van der Waals surface area (Å²) >= 11 is 0. The summed E-state index contributed by atoms with van der Waals surface area (Å²) in [6, 6.07) is 18.7. The van der Waals surface area contributed by atoms with Gasteiger partial charge in [0, 0.05) is 25.3 Å². The van der Waals surface area contributed by atoms with Crippen LogP contribution in [0, 0.1) is 0 Å². The van der Waals surface area contributed by atoms with E-state index in [0.717, 1.165) is 0 Å². The zero-order chi connectivity index (χ0) is 26.9. The minimum Gasteiger partial charge on any atom is -0.503 e. The molecule has 200 valence electrons. The zero-order valence-electron chi connectivity index (χ0n) is 21.1. The molecule has 4 atom stereocenters. The van der Waals surface area contributed by atoms with Crippen molar-refractivity contribution in [3.63, 3.8) is 0 Å². The lowest BCUT2D eigenvalue weighted by atomic mass is 10.1. The van der Waals surface area contributed by atoms with E-state index >= 15 is 0 Å². The SMILES string of the molecule is COc1ccnc(C(=O)N[C@H]2CCOC[C@H](Oc3ccccc3)[C@@H](Oc3ccccc3)[C@H](C)OC2=O)c1O. The van der Waals surface area contributed by atoms with Crippen molar-refractivity contribution in [3.05, 3.63) is 78.6 Å². The summed E-state index contributed by atoms with van der Waals surface area (Å²) in [7, 11) is 1.36. The average Bonchev–Trinajstić information content (AvgIpc) is 2.93. The molecule has 0 unspecified atom stereocenters. The van der Waals surface area contributed by atoms with Crippen LogP contribution in [0.25, 0.3) is 0 Å². The number of hydrogen-bond donors (Lipinski definition) is 2. The standard InChI is InChI=1S/C28H30N2O8/c1-18-26(38-20-11-7-4-8-12-20)23(37-19-9-5-3-6-10-19)17-35-16-14-21(28(33)36-18)30-27(32)24-25(31)22(34-2)13-15-29-24/h3-13,15,18,21,23,26,31H,14,16-17H2,1-2H3,(H,30,32)/t18-,21-,23-,26-/m0/s1. The molecule has 2 N–H and O–H groups in total. The molecule has 10 heteroatoms. The highest BCUT2D eigenvalue weighted by molar-refractivity contribution is 5.97. The molecular weight excluding hydrogens is 492 g/mol. The second kappa shape index (κ2) is 12.8. The maximum Gasteiger partial charge on any atom is 0.329 e. The number of methoxy groups -OCH3 is 1. The Labute approximate surface area is 220 Å². The number of nitrogens with zero attached hydrogens (tertiary/aromatic N) is 1.